The molecule has 0 aliphatic heterocycles. The van der Waals surface area contributed by atoms with Gasteiger partial charge in [-0.25, -0.2) is 9.37 Å². The zero-order valence-corrected chi connectivity index (χ0v) is 8.18. The molecule has 1 atom stereocenters. The molecule has 4 heteroatoms. The molecule has 0 saturated heterocycles. The Labute approximate surface area is 78.6 Å². The average Bonchev–Trinajstić information content (AvgIpc) is 1.96. The third-order valence-corrected chi connectivity index (χ3v) is 1.97. The fourth-order valence-corrected chi connectivity index (χ4v) is 1.13. The maximum atomic E-state index is 12.8. The van der Waals surface area contributed by atoms with Gasteiger partial charge in [0, 0.05) is 6.20 Å². The Balaban J connectivity index is 2.82. The van der Waals surface area contributed by atoms with E-state index in [1.54, 1.807) is 13.1 Å². The van der Waals surface area contributed by atoms with Crippen LogP contribution < -0.4 is 0 Å². The molecule has 0 saturated carbocycles. The molecule has 1 aromatic rings. The van der Waals surface area contributed by atoms with E-state index < -0.39 is 11.9 Å². The second-order valence-electron chi connectivity index (χ2n) is 2.67. The van der Waals surface area contributed by atoms with Gasteiger partial charge >= 0.3 is 0 Å². The van der Waals surface area contributed by atoms with Crippen LogP contribution in [0.3, 0.4) is 0 Å². The summed E-state index contributed by atoms with van der Waals surface area (Å²) in [4.78, 5) is 3.76. The molecule has 0 aliphatic carbocycles. The van der Waals surface area contributed by atoms with E-state index in [-0.39, 0.29) is 4.60 Å². The summed E-state index contributed by atoms with van der Waals surface area (Å²) in [6, 6.07) is 1.36. The highest BCUT2D eigenvalue weighted by Gasteiger charge is 2.04. The van der Waals surface area contributed by atoms with Gasteiger partial charge in [0.2, 0.25) is 0 Å². The van der Waals surface area contributed by atoms with Gasteiger partial charge in [0.25, 0.3) is 0 Å². The van der Waals surface area contributed by atoms with Crippen molar-refractivity contribution in [2.75, 3.05) is 0 Å². The van der Waals surface area contributed by atoms with Crippen LogP contribution in [0.1, 0.15) is 12.5 Å². The first-order valence-corrected chi connectivity index (χ1v) is 4.37. The minimum absolute atomic E-state index is 0.205. The zero-order valence-electron chi connectivity index (χ0n) is 6.59. The molecule has 66 valence electrons. The lowest BCUT2D eigenvalue weighted by molar-refractivity contribution is 0.195. The normalized spacial score (nSPS) is 13.0. The van der Waals surface area contributed by atoms with Gasteiger partial charge in [0.15, 0.2) is 5.82 Å². The second-order valence-corrected chi connectivity index (χ2v) is 3.42. The number of rotatable bonds is 2. The molecule has 12 heavy (non-hydrogen) atoms. The van der Waals surface area contributed by atoms with Crippen LogP contribution in [0.2, 0.25) is 0 Å². The molecular formula is C8H9BrFNO. The largest absolute Gasteiger partial charge is 0.393 e. The van der Waals surface area contributed by atoms with Crippen molar-refractivity contribution in [3.8, 4) is 0 Å². The lowest BCUT2D eigenvalue weighted by Crippen LogP contribution is -2.04. The van der Waals surface area contributed by atoms with Crippen LogP contribution in [0.15, 0.2) is 16.9 Å². The Morgan fingerprint density at radius 2 is 2.42 bits per heavy atom. The van der Waals surface area contributed by atoms with Crippen LogP contribution >= 0.6 is 15.9 Å². The highest BCUT2D eigenvalue weighted by atomic mass is 79.9. The summed E-state index contributed by atoms with van der Waals surface area (Å²) in [5.41, 5.74) is 0.700. The summed E-state index contributed by atoms with van der Waals surface area (Å²) in [5, 5.41) is 9.00. The first-order chi connectivity index (χ1) is 5.59. The van der Waals surface area contributed by atoms with Crippen molar-refractivity contribution in [2.24, 2.45) is 0 Å². The van der Waals surface area contributed by atoms with Crippen molar-refractivity contribution in [2.45, 2.75) is 19.4 Å². The van der Waals surface area contributed by atoms with Crippen LogP contribution in [0.25, 0.3) is 0 Å². The molecule has 0 aromatic carbocycles. The number of pyridine rings is 1. The smallest absolute Gasteiger partial charge is 0.156 e. The van der Waals surface area contributed by atoms with Gasteiger partial charge < -0.3 is 5.11 Å². The quantitative estimate of drug-likeness (QED) is 0.793. The third-order valence-electron chi connectivity index (χ3n) is 1.38. The van der Waals surface area contributed by atoms with Crippen LogP contribution in [-0.4, -0.2) is 16.2 Å². The number of aliphatic hydroxyl groups is 1. The number of aliphatic hydroxyl groups excluding tert-OH is 1. The van der Waals surface area contributed by atoms with E-state index >= 15 is 0 Å². The molecular weight excluding hydrogens is 225 g/mol. The van der Waals surface area contributed by atoms with Crippen LogP contribution in [0.4, 0.5) is 4.39 Å². The molecule has 1 unspecified atom stereocenters. The standard InChI is InChI=1S/C8H9BrFNO/c1-5(12)2-6-3-7(10)8(9)11-4-6/h3-5,12H,2H2,1H3. The van der Waals surface area contributed by atoms with Gasteiger partial charge in [-0.2, -0.15) is 0 Å². The molecule has 0 aliphatic rings. The monoisotopic (exact) mass is 233 g/mol. The van der Waals surface area contributed by atoms with Crippen LogP contribution in [0, 0.1) is 5.82 Å². The number of nitrogens with zero attached hydrogens (tertiary/aromatic N) is 1. The third kappa shape index (κ3) is 2.53. The predicted molar refractivity (Wildman–Crippen MR) is 47.3 cm³/mol. The molecule has 1 rings (SSSR count). The fourth-order valence-electron chi connectivity index (χ4n) is 0.914. The summed E-state index contributed by atoms with van der Waals surface area (Å²) >= 11 is 2.95. The highest BCUT2D eigenvalue weighted by Crippen LogP contribution is 2.13. The predicted octanol–water partition coefficient (Wildman–Crippen LogP) is 1.91. The van der Waals surface area contributed by atoms with Gasteiger partial charge in [-0.15, -0.1) is 0 Å². The Bertz CT molecular complexity index is 278. The van der Waals surface area contributed by atoms with E-state index in [4.69, 9.17) is 5.11 Å². The molecule has 2 nitrogen and oxygen atoms in total. The lowest BCUT2D eigenvalue weighted by atomic mass is 10.1. The van der Waals surface area contributed by atoms with E-state index in [1.165, 1.54) is 6.07 Å². The first kappa shape index (κ1) is 9.61. The molecule has 0 radical (unpaired) electrons. The van der Waals surface area contributed by atoms with Gasteiger partial charge in [0.05, 0.1) is 6.10 Å². The molecule has 0 fully saturated rings. The second kappa shape index (κ2) is 3.96. The van der Waals surface area contributed by atoms with Gasteiger partial charge in [-0.1, -0.05) is 0 Å². The minimum Gasteiger partial charge on any atom is -0.393 e. The van der Waals surface area contributed by atoms with Crippen molar-refractivity contribution in [1.82, 2.24) is 4.98 Å². The molecule has 1 heterocycles. The number of hydrogen-bond acceptors (Lipinski definition) is 2. The maximum absolute atomic E-state index is 12.8. The Morgan fingerprint density at radius 3 is 2.92 bits per heavy atom. The van der Waals surface area contributed by atoms with Crippen molar-refractivity contribution >= 4 is 15.9 Å². The average molecular weight is 234 g/mol. The topological polar surface area (TPSA) is 33.1 Å². The van der Waals surface area contributed by atoms with E-state index in [0.717, 1.165) is 0 Å². The number of aromatic nitrogens is 1. The van der Waals surface area contributed by atoms with Crippen molar-refractivity contribution in [3.05, 3.63) is 28.2 Å². The Morgan fingerprint density at radius 1 is 1.75 bits per heavy atom. The first-order valence-electron chi connectivity index (χ1n) is 3.57. The summed E-state index contributed by atoms with van der Waals surface area (Å²) < 4.78 is 13.0. The van der Waals surface area contributed by atoms with E-state index in [1.807, 2.05) is 0 Å². The van der Waals surface area contributed by atoms with E-state index in [2.05, 4.69) is 20.9 Å². The summed E-state index contributed by atoms with van der Waals surface area (Å²) in [7, 11) is 0. The van der Waals surface area contributed by atoms with Gasteiger partial charge in [-0.05, 0) is 40.9 Å². The van der Waals surface area contributed by atoms with Crippen molar-refractivity contribution < 1.29 is 9.50 Å². The minimum atomic E-state index is -0.465. The van der Waals surface area contributed by atoms with Crippen LogP contribution in [0.5, 0.6) is 0 Å². The Kier molecular flexibility index (Phi) is 3.17. The summed E-state index contributed by atoms with van der Waals surface area (Å²) in [6.07, 6.45) is 1.50. The molecule has 0 amide bonds. The van der Waals surface area contributed by atoms with Crippen molar-refractivity contribution in [3.63, 3.8) is 0 Å². The lowest BCUT2D eigenvalue weighted by Gasteiger charge is -2.03. The van der Waals surface area contributed by atoms with E-state index in [0.29, 0.717) is 12.0 Å². The molecule has 0 bridgehead atoms. The van der Waals surface area contributed by atoms with E-state index in [9.17, 15) is 4.39 Å². The Hall–Kier alpha value is -0.480. The fraction of sp³-hybridized carbons (Fsp3) is 0.375. The summed E-state index contributed by atoms with van der Waals surface area (Å²) in [5.74, 6) is -0.395. The van der Waals surface area contributed by atoms with Gasteiger partial charge in [-0.3, -0.25) is 0 Å². The van der Waals surface area contributed by atoms with Crippen LogP contribution in [-0.2, 0) is 6.42 Å². The molecule has 1 N–H and O–H groups in total. The molecule has 0 spiro atoms. The highest BCUT2D eigenvalue weighted by molar-refractivity contribution is 9.10. The zero-order chi connectivity index (χ0) is 9.14. The number of halogens is 2. The maximum Gasteiger partial charge on any atom is 0.156 e. The van der Waals surface area contributed by atoms with Crippen molar-refractivity contribution in [1.29, 1.82) is 0 Å². The summed E-state index contributed by atoms with van der Waals surface area (Å²) in [6.45, 7) is 1.65. The SMILES string of the molecule is CC(O)Cc1cnc(Br)c(F)c1. The number of hydrogen-bond donors (Lipinski definition) is 1. The molecule has 1 aromatic heterocycles. The van der Waals surface area contributed by atoms with Gasteiger partial charge in [0.1, 0.15) is 4.60 Å².